The molecule has 4 heteroatoms. The maximum Gasteiger partial charge on any atom is 0.165 e. The summed E-state index contributed by atoms with van der Waals surface area (Å²) in [5.74, 6) is 1.30. The van der Waals surface area contributed by atoms with Crippen molar-refractivity contribution in [3.8, 4) is 17.2 Å². The highest BCUT2D eigenvalue weighted by atomic mass is 19.1. The van der Waals surface area contributed by atoms with Crippen molar-refractivity contribution in [3.63, 3.8) is 0 Å². The second-order valence-corrected chi connectivity index (χ2v) is 7.96. The Morgan fingerprint density at radius 2 is 1.61 bits per heavy atom. The van der Waals surface area contributed by atoms with Crippen LogP contribution in [0.3, 0.4) is 0 Å². The minimum atomic E-state index is -0.392. The van der Waals surface area contributed by atoms with Crippen molar-refractivity contribution in [2.75, 3.05) is 13.2 Å². The number of benzene rings is 3. The third-order valence-electron chi connectivity index (χ3n) is 5.46. The fraction of sp³-hybridized carbons (Fsp3) is 0.333. The number of hydrogen-bond acceptors (Lipinski definition) is 3. The Balaban J connectivity index is 1.61. The highest BCUT2D eigenvalue weighted by molar-refractivity contribution is 5.35. The first-order chi connectivity index (χ1) is 15.0. The van der Waals surface area contributed by atoms with E-state index in [-0.39, 0.29) is 11.2 Å². The highest BCUT2D eigenvalue weighted by Crippen LogP contribution is 2.30. The van der Waals surface area contributed by atoms with Crippen molar-refractivity contribution >= 4 is 0 Å². The monoisotopic (exact) mass is 422 g/mol. The van der Waals surface area contributed by atoms with Crippen LogP contribution in [-0.2, 0) is 16.8 Å². The molecule has 3 aromatic carbocycles. The Bertz CT molecular complexity index is 940. The van der Waals surface area contributed by atoms with Gasteiger partial charge in [0.25, 0.3) is 0 Å². The predicted octanol–water partition coefficient (Wildman–Crippen LogP) is 7.29. The SMILES string of the molecule is CCCOc1ccc(C(C)(CC)COCc2ccc(F)c(Oc3ccccc3)c2)cc1. The van der Waals surface area contributed by atoms with Gasteiger partial charge in [-0.15, -0.1) is 0 Å². The van der Waals surface area contributed by atoms with Crippen LogP contribution in [0.5, 0.6) is 17.2 Å². The number of ether oxygens (including phenoxy) is 3. The van der Waals surface area contributed by atoms with Gasteiger partial charge in [0.15, 0.2) is 11.6 Å². The maximum absolute atomic E-state index is 14.2. The molecule has 0 heterocycles. The molecule has 0 aromatic heterocycles. The van der Waals surface area contributed by atoms with E-state index in [4.69, 9.17) is 14.2 Å². The zero-order valence-electron chi connectivity index (χ0n) is 18.6. The van der Waals surface area contributed by atoms with Crippen LogP contribution in [0.25, 0.3) is 0 Å². The lowest BCUT2D eigenvalue weighted by atomic mass is 9.81. The van der Waals surface area contributed by atoms with Gasteiger partial charge in [-0.1, -0.05) is 57.2 Å². The van der Waals surface area contributed by atoms with E-state index in [2.05, 4.69) is 32.9 Å². The summed E-state index contributed by atoms with van der Waals surface area (Å²) in [6, 6.07) is 22.3. The molecule has 0 saturated carbocycles. The third-order valence-corrected chi connectivity index (χ3v) is 5.46. The molecule has 0 fully saturated rings. The van der Waals surface area contributed by atoms with Gasteiger partial charge >= 0.3 is 0 Å². The molecule has 0 amide bonds. The first-order valence-electron chi connectivity index (χ1n) is 10.9. The van der Waals surface area contributed by atoms with Crippen LogP contribution in [0.2, 0.25) is 0 Å². The van der Waals surface area contributed by atoms with E-state index in [9.17, 15) is 4.39 Å². The summed E-state index contributed by atoms with van der Waals surface area (Å²) in [6.07, 6.45) is 1.93. The van der Waals surface area contributed by atoms with Gasteiger partial charge in [-0.3, -0.25) is 0 Å². The van der Waals surface area contributed by atoms with Crippen molar-refractivity contribution in [1.82, 2.24) is 0 Å². The van der Waals surface area contributed by atoms with Crippen molar-refractivity contribution < 1.29 is 18.6 Å². The summed E-state index contributed by atoms with van der Waals surface area (Å²) in [7, 11) is 0. The first kappa shape index (κ1) is 22.8. The van der Waals surface area contributed by atoms with Crippen LogP contribution in [-0.4, -0.2) is 13.2 Å². The van der Waals surface area contributed by atoms with Gasteiger partial charge in [0.1, 0.15) is 11.5 Å². The number of hydrogen-bond donors (Lipinski definition) is 0. The van der Waals surface area contributed by atoms with E-state index in [1.165, 1.54) is 11.6 Å². The normalized spacial score (nSPS) is 12.9. The second-order valence-electron chi connectivity index (χ2n) is 7.96. The third kappa shape index (κ3) is 6.31. The van der Waals surface area contributed by atoms with E-state index < -0.39 is 5.82 Å². The molecule has 1 atom stereocenters. The molecule has 0 bridgehead atoms. The summed E-state index contributed by atoms with van der Waals surface area (Å²) in [6.45, 7) is 8.13. The summed E-state index contributed by atoms with van der Waals surface area (Å²) in [4.78, 5) is 0. The summed E-state index contributed by atoms with van der Waals surface area (Å²) >= 11 is 0. The minimum absolute atomic E-state index is 0.118. The molecule has 0 radical (unpaired) electrons. The molecule has 3 nitrogen and oxygen atoms in total. The molecule has 0 aliphatic carbocycles. The van der Waals surface area contributed by atoms with Crippen LogP contribution in [0, 0.1) is 5.82 Å². The predicted molar refractivity (Wildman–Crippen MR) is 122 cm³/mol. The van der Waals surface area contributed by atoms with E-state index >= 15 is 0 Å². The van der Waals surface area contributed by atoms with Gasteiger partial charge in [0, 0.05) is 5.41 Å². The van der Waals surface area contributed by atoms with Crippen molar-refractivity contribution in [2.24, 2.45) is 0 Å². The smallest absolute Gasteiger partial charge is 0.165 e. The molecule has 0 aliphatic heterocycles. The molecule has 1 unspecified atom stereocenters. The van der Waals surface area contributed by atoms with E-state index in [1.807, 2.05) is 30.3 Å². The summed E-state index contributed by atoms with van der Waals surface area (Å²) in [5, 5.41) is 0. The van der Waals surface area contributed by atoms with Crippen molar-refractivity contribution in [2.45, 2.75) is 45.6 Å². The Morgan fingerprint density at radius 3 is 2.29 bits per heavy atom. The molecular formula is C27H31FO3. The Labute approximate surface area is 184 Å². The summed E-state index contributed by atoms with van der Waals surface area (Å²) in [5.41, 5.74) is 1.97. The molecule has 0 spiro atoms. The van der Waals surface area contributed by atoms with Gasteiger partial charge in [0.2, 0.25) is 0 Å². The zero-order chi connectivity index (χ0) is 22.1. The molecule has 164 valence electrons. The molecule has 0 saturated heterocycles. The Hall–Kier alpha value is -2.85. The summed E-state index contributed by atoms with van der Waals surface area (Å²) < 4.78 is 31.6. The molecule has 0 N–H and O–H groups in total. The lowest BCUT2D eigenvalue weighted by Gasteiger charge is -2.29. The number of para-hydroxylation sites is 1. The molecular weight excluding hydrogens is 391 g/mol. The van der Waals surface area contributed by atoms with Crippen LogP contribution in [0.1, 0.15) is 44.7 Å². The number of halogens is 1. The fourth-order valence-corrected chi connectivity index (χ4v) is 3.29. The van der Waals surface area contributed by atoms with Crippen molar-refractivity contribution in [1.29, 1.82) is 0 Å². The number of rotatable bonds is 11. The fourth-order valence-electron chi connectivity index (χ4n) is 3.29. The highest BCUT2D eigenvalue weighted by Gasteiger charge is 2.25. The van der Waals surface area contributed by atoms with E-state index in [0.717, 1.165) is 30.8 Å². The van der Waals surface area contributed by atoms with Crippen LogP contribution < -0.4 is 9.47 Å². The van der Waals surface area contributed by atoms with Gasteiger partial charge in [-0.2, -0.15) is 0 Å². The van der Waals surface area contributed by atoms with Gasteiger partial charge in [-0.25, -0.2) is 4.39 Å². The van der Waals surface area contributed by atoms with Gasteiger partial charge in [-0.05, 0) is 60.4 Å². The van der Waals surface area contributed by atoms with Crippen LogP contribution in [0.15, 0.2) is 72.8 Å². The van der Waals surface area contributed by atoms with Gasteiger partial charge in [0.05, 0.1) is 19.8 Å². The average Bonchev–Trinajstić information content (AvgIpc) is 2.80. The van der Waals surface area contributed by atoms with E-state index in [0.29, 0.717) is 19.0 Å². The zero-order valence-corrected chi connectivity index (χ0v) is 18.6. The van der Waals surface area contributed by atoms with Crippen molar-refractivity contribution in [3.05, 3.63) is 89.7 Å². The average molecular weight is 423 g/mol. The molecule has 3 rings (SSSR count). The Kier molecular flexibility index (Phi) is 8.07. The molecule has 0 aliphatic rings. The van der Waals surface area contributed by atoms with Gasteiger partial charge < -0.3 is 14.2 Å². The molecule has 3 aromatic rings. The van der Waals surface area contributed by atoms with Crippen LogP contribution >= 0.6 is 0 Å². The second kappa shape index (κ2) is 11.0. The van der Waals surface area contributed by atoms with E-state index in [1.54, 1.807) is 24.3 Å². The molecule has 31 heavy (non-hydrogen) atoms. The minimum Gasteiger partial charge on any atom is -0.494 e. The largest absolute Gasteiger partial charge is 0.494 e. The maximum atomic E-state index is 14.2. The lowest BCUT2D eigenvalue weighted by Crippen LogP contribution is -2.27. The van der Waals surface area contributed by atoms with Crippen LogP contribution in [0.4, 0.5) is 4.39 Å². The first-order valence-corrected chi connectivity index (χ1v) is 10.9. The standard InChI is InChI=1S/C27H31FO3/c1-4-17-30-23-14-12-22(13-15-23)27(3,5-2)20-29-19-21-11-16-25(28)26(18-21)31-24-9-7-6-8-10-24/h6-16,18H,4-5,17,19-20H2,1-3H3. The lowest BCUT2D eigenvalue weighted by molar-refractivity contribution is 0.0746. The Morgan fingerprint density at radius 1 is 0.871 bits per heavy atom. The topological polar surface area (TPSA) is 27.7 Å². The quantitative estimate of drug-likeness (QED) is 0.325.